The Bertz CT molecular complexity index is 233. The SMILES string of the molecule is CC(C)(C)[Si](C)(C)ON1CCCC1=O. The highest BCUT2D eigenvalue weighted by Gasteiger charge is 2.41. The van der Waals surface area contributed by atoms with Crippen LogP contribution >= 0.6 is 0 Å². The van der Waals surface area contributed by atoms with E-state index in [9.17, 15) is 4.79 Å². The minimum Gasteiger partial charge on any atom is -0.317 e. The first-order valence-electron chi connectivity index (χ1n) is 5.23. The molecule has 1 amide bonds. The molecule has 4 heteroatoms. The van der Waals surface area contributed by atoms with Gasteiger partial charge < -0.3 is 4.53 Å². The van der Waals surface area contributed by atoms with Crippen molar-refractivity contribution < 1.29 is 9.32 Å². The lowest BCUT2D eigenvalue weighted by Gasteiger charge is -2.38. The molecule has 0 radical (unpaired) electrons. The van der Waals surface area contributed by atoms with Crippen LogP contribution in [0.4, 0.5) is 0 Å². The van der Waals surface area contributed by atoms with Gasteiger partial charge in [-0.05, 0) is 24.6 Å². The molecule has 0 aliphatic carbocycles. The van der Waals surface area contributed by atoms with E-state index in [-0.39, 0.29) is 10.9 Å². The Kier molecular flexibility index (Phi) is 3.06. The number of carbonyl (C=O) groups excluding carboxylic acids is 1. The standard InChI is InChI=1S/C10H21NO2Si/c1-10(2,3)14(4,5)13-11-8-6-7-9(11)12/h6-8H2,1-5H3. The summed E-state index contributed by atoms with van der Waals surface area (Å²) in [5.41, 5.74) is 0. The zero-order valence-electron chi connectivity index (χ0n) is 9.89. The molecule has 0 saturated carbocycles. The summed E-state index contributed by atoms with van der Waals surface area (Å²) < 4.78 is 5.90. The monoisotopic (exact) mass is 215 g/mol. The maximum Gasteiger partial charge on any atom is 0.245 e. The lowest BCUT2D eigenvalue weighted by Crippen LogP contribution is -2.47. The number of amides is 1. The van der Waals surface area contributed by atoms with Gasteiger partial charge in [0.15, 0.2) is 0 Å². The van der Waals surface area contributed by atoms with E-state index in [2.05, 4.69) is 33.9 Å². The van der Waals surface area contributed by atoms with Crippen molar-refractivity contribution in [1.29, 1.82) is 0 Å². The highest BCUT2D eigenvalue weighted by molar-refractivity contribution is 6.74. The average molecular weight is 215 g/mol. The molecule has 0 spiro atoms. The fourth-order valence-corrected chi connectivity index (χ4v) is 2.15. The van der Waals surface area contributed by atoms with Gasteiger partial charge in [-0.15, -0.1) is 0 Å². The average Bonchev–Trinajstić information content (AvgIpc) is 2.33. The molecule has 0 aromatic carbocycles. The predicted octanol–water partition coefficient (Wildman–Crippen LogP) is 2.55. The van der Waals surface area contributed by atoms with Crippen LogP contribution < -0.4 is 0 Å². The highest BCUT2D eigenvalue weighted by Crippen LogP contribution is 2.37. The Labute approximate surface area is 87.5 Å². The first-order chi connectivity index (χ1) is 6.24. The van der Waals surface area contributed by atoms with E-state index in [1.165, 1.54) is 0 Å². The van der Waals surface area contributed by atoms with Gasteiger partial charge in [0.2, 0.25) is 14.2 Å². The first-order valence-corrected chi connectivity index (χ1v) is 8.14. The summed E-state index contributed by atoms with van der Waals surface area (Å²) >= 11 is 0. The number of hydroxylamine groups is 2. The largest absolute Gasteiger partial charge is 0.317 e. The third-order valence-electron chi connectivity index (χ3n) is 3.17. The Morgan fingerprint density at radius 1 is 1.36 bits per heavy atom. The van der Waals surface area contributed by atoms with Crippen LogP contribution in [0.15, 0.2) is 0 Å². The molecule has 14 heavy (non-hydrogen) atoms. The van der Waals surface area contributed by atoms with Gasteiger partial charge in [0.25, 0.3) is 0 Å². The van der Waals surface area contributed by atoms with Gasteiger partial charge in [0.05, 0.1) is 0 Å². The Hall–Kier alpha value is -0.353. The van der Waals surface area contributed by atoms with E-state index in [1.807, 2.05) is 0 Å². The smallest absolute Gasteiger partial charge is 0.245 e. The highest BCUT2D eigenvalue weighted by atomic mass is 28.4. The van der Waals surface area contributed by atoms with Gasteiger partial charge in [0, 0.05) is 13.0 Å². The summed E-state index contributed by atoms with van der Waals surface area (Å²) in [4.78, 5) is 11.4. The number of hydrogen-bond acceptors (Lipinski definition) is 2. The minimum absolute atomic E-state index is 0.148. The normalized spacial score (nSPS) is 19.2. The lowest BCUT2D eigenvalue weighted by molar-refractivity contribution is -0.152. The Balaban J connectivity index is 2.63. The number of rotatable bonds is 2. The molecular weight excluding hydrogens is 194 g/mol. The first kappa shape index (κ1) is 11.7. The number of carbonyl (C=O) groups is 1. The summed E-state index contributed by atoms with van der Waals surface area (Å²) in [7, 11) is -1.81. The predicted molar refractivity (Wildman–Crippen MR) is 59.2 cm³/mol. The molecular formula is C10H21NO2Si. The zero-order valence-corrected chi connectivity index (χ0v) is 10.9. The molecule has 0 unspecified atom stereocenters. The molecule has 0 aromatic rings. The zero-order chi connectivity index (χ0) is 11.0. The quantitative estimate of drug-likeness (QED) is 0.663. The second kappa shape index (κ2) is 3.66. The number of nitrogens with zero attached hydrogens (tertiary/aromatic N) is 1. The molecule has 1 fully saturated rings. The van der Waals surface area contributed by atoms with Crippen LogP contribution in [-0.2, 0) is 9.32 Å². The molecule has 0 aromatic heterocycles. The van der Waals surface area contributed by atoms with Gasteiger partial charge in [-0.25, -0.2) is 5.06 Å². The molecule has 1 saturated heterocycles. The van der Waals surface area contributed by atoms with E-state index in [0.29, 0.717) is 6.42 Å². The van der Waals surface area contributed by atoms with Crippen molar-refractivity contribution in [2.24, 2.45) is 0 Å². The summed E-state index contributed by atoms with van der Waals surface area (Å²) in [6.07, 6.45) is 1.59. The van der Waals surface area contributed by atoms with Crippen LogP contribution in [0.25, 0.3) is 0 Å². The van der Waals surface area contributed by atoms with Crippen molar-refractivity contribution in [3.63, 3.8) is 0 Å². The Morgan fingerprint density at radius 2 is 1.93 bits per heavy atom. The molecule has 1 aliphatic heterocycles. The van der Waals surface area contributed by atoms with Crippen LogP contribution in [0.3, 0.4) is 0 Å². The van der Waals surface area contributed by atoms with Gasteiger partial charge in [0.1, 0.15) is 0 Å². The van der Waals surface area contributed by atoms with E-state index in [1.54, 1.807) is 5.06 Å². The fourth-order valence-electron chi connectivity index (χ4n) is 1.13. The van der Waals surface area contributed by atoms with E-state index in [4.69, 9.17) is 4.53 Å². The second-order valence-electron chi connectivity index (χ2n) is 5.45. The molecule has 1 heterocycles. The maximum absolute atomic E-state index is 11.4. The van der Waals surface area contributed by atoms with Crippen LogP contribution in [0.2, 0.25) is 18.1 Å². The van der Waals surface area contributed by atoms with Crippen molar-refractivity contribution >= 4 is 14.2 Å². The van der Waals surface area contributed by atoms with Crippen molar-refractivity contribution in [2.45, 2.75) is 51.7 Å². The molecule has 0 N–H and O–H groups in total. The van der Waals surface area contributed by atoms with Gasteiger partial charge in [-0.2, -0.15) is 0 Å². The molecule has 0 bridgehead atoms. The molecule has 1 rings (SSSR count). The second-order valence-corrected chi connectivity index (χ2v) is 10.2. The summed E-state index contributed by atoms with van der Waals surface area (Å²) in [6, 6.07) is 0. The third kappa shape index (κ3) is 2.36. The van der Waals surface area contributed by atoms with Gasteiger partial charge in [-0.3, -0.25) is 4.79 Å². The van der Waals surface area contributed by atoms with Crippen LogP contribution in [-0.4, -0.2) is 25.8 Å². The van der Waals surface area contributed by atoms with E-state index >= 15 is 0 Å². The van der Waals surface area contributed by atoms with Gasteiger partial charge in [-0.1, -0.05) is 20.8 Å². The third-order valence-corrected chi connectivity index (χ3v) is 7.46. The molecule has 3 nitrogen and oxygen atoms in total. The van der Waals surface area contributed by atoms with Crippen molar-refractivity contribution in [3.05, 3.63) is 0 Å². The van der Waals surface area contributed by atoms with E-state index < -0.39 is 8.32 Å². The number of hydrogen-bond donors (Lipinski definition) is 0. The summed E-state index contributed by atoms with van der Waals surface area (Å²) in [5, 5.41) is 1.74. The molecule has 82 valence electrons. The topological polar surface area (TPSA) is 29.5 Å². The van der Waals surface area contributed by atoms with Crippen molar-refractivity contribution in [3.8, 4) is 0 Å². The van der Waals surface area contributed by atoms with Crippen LogP contribution in [0, 0.1) is 0 Å². The van der Waals surface area contributed by atoms with Crippen molar-refractivity contribution in [2.75, 3.05) is 6.54 Å². The molecule has 0 atom stereocenters. The Morgan fingerprint density at radius 3 is 2.29 bits per heavy atom. The minimum atomic E-state index is -1.81. The van der Waals surface area contributed by atoms with Crippen molar-refractivity contribution in [1.82, 2.24) is 5.06 Å². The fraction of sp³-hybridized carbons (Fsp3) is 0.900. The van der Waals surface area contributed by atoms with E-state index in [0.717, 1.165) is 13.0 Å². The maximum atomic E-state index is 11.4. The van der Waals surface area contributed by atoms with Gasteiger partial charge >= 0.3 is 0 Å². The van der Waals surface area contributed by atoms with Crippen LogP contribution in [0.5, 0.6) is 0 Å². The lowest BCUT2D eigenvalue weighted by atomic mass is 10.2. The summed E-state index contributed by atoms with van der Waals surface area (Å²) in [5.74, 6) is 0.148. The van der Waals surface area contributed by atoms with Crippen LogP contribution in [0.1, 0.15) is 33.6 Å². The molecule has 1 aliphatic rings. The summed E-state index contributed by atoms with van der Waals surface area (Å²) in [6.45, 7) is 11.6.